The summed E-state index contributed by atoms with van der Waals surface area (Å²) in [4.78, 5) is 0. The third kappa shape index (κ3) is 10.8. The second-order valence-electron chi connectivity index (χ2n) is 2.31. The normalized spacial score (nSPS) is 9.86. The van der Waals surface area contributed by atoms with Gasteiger partial charge in [0.1, 0.15) is 0 Å². The van der Waals surface area contributed by atoms with E-state index < -0.39 is 10.4 Å². The maximum absolute atomic E-state index is 8.74. The number of hydrogen-bond acceptors (Lipinski definition) is 2. The highest BCUT2D eigenvalue weighted by atomic mass is 32.3. The fourth-order valence-electron chi connectivity index (χ4n) is 0.705. The van der Waals surface area contributed by atoms with Crippen LogP contribution in [0.3, 0.4) is 0 Å². The highest BCUT2D eigenvalue weighted by Crippen LogP contribution is 1.75. The van der Waals surface area contributed by atoms with Crippen molar-refractivity contribution in [3.63, 3.8) is 0 Å². The Balaban J connectivity index is 0.000000292. The van der Waals surface area contributed by atoms with Crippen LogP contribution in [-0.4, -0.2) is 17.5 Å². The minimum Gasteiger partial charge on any atom is -0.264 e. The zero-order valence-corrected chi connectivity index (χ0v) is 8.26. The monoisotopic (exact) mass is 218 g/mol. The van der Waals surface area contributed by atoms with E-state index in [1.807, 2.05) is 36.7 Å². The largest absolute Gasteiger partial charge is 0.394 e. The molecule has 2 N–H and O–H groups in total. The highest BCUT2D eigenvalue weighted by molar-refractivity contribution is 7.79. The van der Waals surface area contributed by atoms with Crippen LogP contribution >= 0.6 is 0 Å². The van der Waals surface area contributed by atoms with Gasteiger partial charge in [0.25, 0.3) is 0 Å². The molecule has 1 rings (SSSR count). The lowest BCUT2D eigenvalue weighted by molar-refractivity contribution is -0.687. The molecule has 0 aliphatic rings. The molecule has 0 amide bonds. The zero-order valence-electron chi connectivity index (χ0n) is 7.44. The van der Waals surface area contributed by atoms with E-state index in [0.29, 0.717) is 0 Å². The van der Waals surface area contributed by atoms with Crippen molar-refractivity contribution in [2.24, 2.45) is 0 Å². The summed E-state index contributed by atoms with van der Waals surface area (Å²) in [5.74, 6) is 0. The van der Waals surface area contributed by atoms with E-state index in [9.17, 15) is 0 Å². The van der Waals surface area contributed by atoms with Crippen LogP contribution in [0.25, 0.3) is 0 Å². The molecule has 0 radical (unpaired) electrons. The molecule has 0 atom stereocenters. The first-order chi connectivity index (χ1) is 6.43. The molecule has 0 fully saturated rings. The molecule has 14 heavy (non-hydrogen) atoms. The standard InChI is InChI=1S/C8H10N.H2O4S/c1-2-6-9-7-4-3-5-8-9;1-5(2,3)4/h2-5,7-8H,1,6H2;(H2,1,2,3,4)/q+1;. The number of pyridine rings is 1. The van der Waals surface area contributed by atoms with Gasteiger partial charge in [-0.2, -0.15) is 8.42 Å². The van der Waals surface area contributed by atoms with Crippen LogP contribution in [0.2, 0.25) is 0 Å². The summed E-state index contributed by atoms with van der Waals surface area (Å²) >= 11 is 0. The molecular formula is C8H12NO4S+. The molecule has 0 saturated carbocycles. The van der Waals surface area contributed by atoms with Crippen molar-refractivity contribution in [3.05, 3.63) is 43.2 Å². The van der Waals surface area contributed by atoms with Crippen LogP contribution in [0.5, 0.6) is 0 Å². The van der Waals surface area contributed by atoms with E-state index in [1.54, 1.807) is 0 Å². The minimum absolute atomic E-state index is 0.890. The summed E-state index contributed by atoms with van der Waals surface area (Å²) in [6, 6.07) is 6.01. The van der Waals surface area contributed by atoms with E-state index >= 15 is 0 Å². The van der Waals surface area contributed by atoms with Crippen LogP contribution in [0.4, 0.5) is 0 Å². The first-order valence-corrected chi connectivity index (χ1v) is 5.08. The van der Waals surface area contributed by atoms with E-state index in [0.717, 1.165) is 6.54 Å². The SMILES string of the molecule is C=CC[n+]1ccccc1.O=S(=O)(O)O. The summed E-state index contributed by atoms with van der Waals surface area (Å²) < 4.78 is 33.6. The average molecular weight is 218 g/mol. The van der Waals surface area contributed by atoms with Gasteiger partial charge in [-0.05, 0) is 6.08 Å². The van der Waals surface area contributed by atoms with E-state index in [4.69, 9.17) is 17.5 Å². The highest BCUT2D eigenvalue weighted by Gasteiger charge is 1.88. The van der Waals surface area contributed by atoms with Crippen molar-refractivity contribution in [2.45, 2.75) is 6.54 Å². The average Bonchev–Trinajstić information content (AvgIpc) is 2.03. The minimum atomic E-state index is -4.67. The van der Waals surface area contributed by atoms with Crippen LogP contribution in [0.1, 0.15) is 0 Å². The Labute approximate surface area is 82.9 Å². The lowest BCUT2D eigenvalue weighted by Crippen LogP contribution is -2.30. The first-order valence-electron chi connectivity index (χ1n) is 3.68. The van der Waals surface area contributed by atoms with Crippen molar-refractivity contribution in [1.82, 2.24) is 0 Å². The van der Waals surface area contributed by atoms with Crippen molar-refractivity contribution in [3.8, 4) is 0 Å². The molecule has 1 aromatic rings. The van der Waals surface area contributed by atoms with Crippen molar-refractivity contribution in [2.75, 3.05) is 0 Å². The number of aromatic nitrogens is 1. The van der Waals surface area contributed by atoms with Gasteiger partial charge in [0.15, 0.2) is 18.9 Å². The van der Waals surface area contributed by atoms with Crippen molar-refractivity contribution in [1.29, 1.82) is 0 Å². The van der Waals surface area contributed by atoms with E-state index in [-0.39, 0.29) is 0 Å². The second-order valence-corrected chi connectivity index (χ2v) is 3.20. The topological polar surface area (TPSA) is 78.5 Å². The molecule has 0 aromatic carbocycles. The van der Waals surface area contributed by atoms with Crippen molar-refractivity contribution < 1.29 is 22.1 Å². The van der Waals surface area contributed by atoms with Gasteiger partial charge in [-0.1, -0.05) is 12.6 Å². The molecule has 0 bridgehead atoms. The van der Waals surface area contributed by atoms with Gasteiger partial charge in [-0.15, -0.1) is 0 Å². The van der Waals surface area contributed by atoms with Crippen LogP contribution in [0.15, 0.2) is 43.2 Å². The van der Waals surface area contributed by atoms with Gasteiger partial charge in [0.05, 0.1) is 0 Å². The van der Waals surface area contributed by atoms with Crippen molar-refractivity contribution >= 4 is 10.4 Å². The van der Waals surface area contributed by atoms with Gasteiger partial charge in [-0.25, -0.2) is 4.57 Å². The Morgan fingerprint density at radius 3 is 2.00 bits per heavy atom. The van der Waals surface area contributed by atoms with Gasteiger partial charge < -0.3 is 0 Å². The molecule has 0 unspecified atom stereocenters. The van der Waals surface area contributed by atoms with Crippen LogP contribution in [0, 0.1) is 0 Å². The maximum atomic E-state index is 8.74. The van der Waals surface area contributed by atoms with Gasteiger partial charge in [0, 0.05) is 12.1 Å². The zero-order chi connectivity index (χ0) is 11.0. The lowest BCUT2D eigenvalue weighted by atomic mass is 10.5. The Hall–Kier alpha value is -1.24. The molecule has 1 aromatic heterocycles. The fraction of sp³-hybridized carbons (Fsp3) is 0.125. The lowest BCUT2D eigenvalue weighted by Gasteiger charge is -1.86. The van der Waals surface area contributed by atoms with Gasteiger partial charge >= 0.3 is 10.4 Å². The quantitative estimate of drug-likeness (QED) is 0.430. The predicted octanol–water partition coefficient (Wildman–Crippen LogP) is 0.507. The molecule has 1 heterocycles. The Morgan fingerprint density at radius 2 is 1.64 bits per heavy atom. The summed E-state index contributed by atoms with van der Waals surface area (Å²) in [6.45, 7) is 4.52. The number of rotatable bonds is 2. The van der Waals surface area contributed by atoms with Gasteiger partial charge in [0.2, 0.25) is 0 Å². The van der Waals surface area contributed by atoms with Gasteiger partial charge in [-0.3, -0.25) is 9.11 Å². The summed E-state index contributed by atoms with van der Waals surface area (Å²) in [5.41, 5.74) is 0. The maximum Gasteiger partial charge on any atom is 0.394 e. The number of nitrogens with zero attached hydrogens (tertiary/aromatic N) is 1. The first kappa shape index (κ1) is 12.8. The third-order valence-corrected chi connectivity index (χ3v) is 1.12. The predicted molar refractivity (Wildman–Crippen MR) is 51.0 cm³/mol. The molecular weight excluding hydrogens is 206 g/mol. The molecule has 78 valence electrons. The smallest absolute Gasteiger partial charge is 0.264 e. The molecule has 0 aliphatic carbocycles. The molecule has 6 heteroatoms. The van der Waals surface area contributed by atoms with E-state index in [2.05, 4.69) is 11.1 Å². The molecule has 0 saturated heterocycles. The Morgan fingerprint density at radius 1 is 1.21 bits per heavy atom. The van der Waals surface area contributed by atoms with Crippen LogP contribution < -0.4 is 4.57 Å². The molecule has 0 aliphatic heterocycles. The number of hydrogen-bond donors (Lipinski definition) is 2. The summed E-state index contributed by atoms with van der Waals surface area (Å²) in [5, 5.41) is 0. The Kier molecular flexibility index (Phi) is 5.70. The molecule has 0 spiro atoms. The summed E-state index contributed by atoms with van der Waals surface area (Å²) in [6.07, 6.45) is 5.91. The van der Waals surface area contributed by atoms with E-state index in [1.165, 1.54) is 0 Å². The van der Waals surface area contributed by atoms with Crippen LogP contribution in [-0.2, 0) is 16.9 Å². The Bertz CT molecular complexity index is 352. The second kappa shape index (κ2) is 6.25. The number of allylic oxidation sites excluding steroid dienone is 1. The molecule has 5 nitrogen and oxygen atoms in total. The third-order valence-electron chi connectivity index (χ3n) is 1.12. The fourth-order valence-corrected chi connectivity index (χ4v) is 0.705. The summed E-state index contributed by atoms with van der Waals surface area (Å²) in [7, 11) is -4.67.